The van der Waals surface area contributed by atoms with E-state index in [0.717, 1.165) is 10.9 Å². The van der Waals surface area contributed by atoms with Crippen molar-refractivity contribution < 1.29 is 19.4 Å². The van der Waals surface area contributed by atoms with Crippen LogP contribution in [0.4, 0.5) is 0 Å². The summed E-state index contributed by atoms with van der Waals surface area (Å²) in [6, 6.07) is 5.01. The third-order valence-electron chi connectivity index (χ3n) is 2.96. The third-order valence-corrected chi connectivity index (χ3v) is 2.96. The summed E-state index contributed by atoms with van der Waals surface area (Å²) in [6.07, 6.45) is 0.615. The highest BCUT2D eigenvalue weighted by molar-refractivity contribution is 6.07. The van der Waals surface area contributed by atoms with Crippen LogP contribution in [-0.4, -0.2) is 28.6 Å². The van der Waals surface area contributed by atoms with E-state index in [2.05, 4.69) is 4.98 Å². The van der Waals surface area contributed by atoms with Gasteiger partial charge in [-0.1, -0.05) is 12.1 Å². The van der Waals surface area contributed by atoms with Crippen molar-refractivity contribution in [2.24, 2.45) is 0 Å². The van der Waals surface area contributed by atoms with Gasteiger partial charge in [0.25, 0.3) is 0 Å². The molecule has 0 aliphatic carbocycles. The van der Waals surface area contributed by atoms with Crippen LogP contribution >= 0.6 is 0 Å². The second-order valence-electron chi connectivity index (χ2n) is 3.90. The van der Waals surface area contributed by atoms with Crippen LogP contribution in [0.2, 0.25) is 0 Å². The number of aromatic carboxylic acids is 1. The Kier molecular flexibility index (Phi) is 1.95. The van der Waals surface area contributed by atoms with E-state index < -0.39 is 11.9 Å². The maximum absolute atomic E-state index is 11.5. The molecule has 2 N–H and O–H groups in total. The van der Waals surface area contributed by atoms with Gasteiger partial charge < -0.3 is 14.8 Å². The molecule has 2 aromatic rings. The number of carbonyl (C=O) groups excluding carboxylic acids is 1. The number of para-hydroxylation sites is 1. The molecule has 5 heteroatoms. The predicted molar refractivity (Wildman–Crippen MR) is 59.2 cm³/mol. The molecule has 0 amide bonds. The summed E-state index contributed by atoms with van der Waals surface area (Å²) < 4.78 is 4.92. The molecular formula is C12H9NO4. The molecule has 0 unspecified atom stereocenters. The van der Waals surface area contributed by atoms with E-state index in [1.165, 1.54) is 6.07 Å². The molecule has 3 rings (SSSR count). The first-order valence-corrected chi connectivity index (χ1v) is 5.22. The Labute approximate surface area is 96.0 Å². The highest BCUT2D eigenvalue weighted by atomic mass is 16.5. The number of H-pyrrole nitrogens is 1. The van der Waals surface area contributed by atoms with Crippen LogP contribution in [0, 0.1) is 0 Å². The van der Waals surface area contributed by atoms with Crippen LogP contribution < -0.4 is 0 Å². The molecule has 0 fully saturated rings. The van der Waals surface area contributed by atoms with Gasteiger partial charge in [0.2, 0.25) is 0 Å². The van der Waals surface area contributed by atoms with Crippen LogP contribution in [0.1, 0.15) is 26.4 Å². The van der Waals surface area contributed by atoms with Gasteiger partial charge in [-0.2, -0.15) is 0 Å². The van der Waals surface area contributed by atoms with Gasteiger partial charge in [0.15, 0.2) is 0 Å². The fourth-order valence-corrected chi connectivity index (χ4v) is 2.20. The number of nitrogens with one attached hydrogen (secondary N) is 1. The second-order valence-corrected chi connectivity index (χ2v) is 3.90. The molecule has 0 bridgehead atoms. The first-order valence-electron chi connectivity index (χ1n) is 5.22. The minimum Gasteiger partial charge on any atom is -0.478 e. The Hall–Kier alpha value is -2.30. The number of carbonyl (C=O) groups is 2. The van der Waals surface area contributed by atoms with Crippen LogP contribution in [0.5, 0.6) is 0 Å². The lowest BCUT2D eigenvalue weighted by atomic mass is 10.0. The second kappa shape index (κ2) is 3.35. The number of ether oxygens (including phenoxy) is 1. The molecular weight excluding hydrogens is 222 g/mol. The molecule has 86 valence electrons. The molecule has 17 heavy (non-hydrogen) atoms. The fraction of sp³-hybridized carbons (Fsp3) is 0.167. The minimum absolute atomic E-state index is 0.171. The van der Waals surface area contributed by atoms with Crippen molar-refractivity contribution in [3.05, 3.63) is 35.0 Å². The lowest BCUT2D eigenvalue weighted by Gasteiger charge is -2.10. The highest BCUT2D eigenvalue weighted by Gasteiger charge is 2.25. The average Bonchev–Trinajstić information content (AvgIpc) is 2.69. The number of esters is 1. The first-order chi connectivity index (χ1) is 8.18. The van der Waals surface area contributed by atoms with Gasteiger partial charge in [0.05, 0.1) is 17.7 Å². The summed E-state index contributed by atoms with van der Waals surface area (Å²) in [4.78, 5) is 25.5. The molecule has 0 radical (unpaired) electrons. The number of aromatic nitrogens is 1. The number of aromatic amines is 1. The Balaban J connectivity index is 2.37. The minimum atomic E-state index is -1.01. The quantitative estimate of drug-likeness (QED) is 0.730. The van der Waals surface area contributed by atoms with E-state index in [9.17, 15) is 9.59 Å². The fourth-order valence-electron chi connectivity index (χ4n) is 2.20. The third kappa shape index (κ3) is 1.32. The zero-order valence-corrected chi connectivity index (χ0v) is 8.82. The molecule has 1 aromatic carbocycles. The molecule has 1 aliphatic heterocycles. The van der Waals surface area contributed by atoms with Crippen molar-refractivity contribution in [1.29, 1.82) is 0 Å². The SMILES string of the molecule is O=C1OCCc2c1[nH]c1c(C(=O)O)cccc21. The normalized spacial score (nSPS) is 14.5. The first kappa shape index (κ1) is 9.89. The van der Waals surface area contributed by atoms with Crippen molar-refractivity contribution in [3.63, 3.8) is 0 Å². The molecule has 5 nitrogen and oxygen atoms in total. The van der Waals surface area contributed by atoms with Gasteiger partial charge >= 0.3 is 11.9 Å². The summed E-state index contributed by atoms with van der Waals surface area (Å²) in [5.41, 5.74) is 1.88. The monoisotopic (exact) mass is 231 g/mol. The van der Waals surface area contributed by atoms with Gasteiger partial charge in [0.1, 0.15) is 5.69 Å². The number of fused-ring (bicyclic) bond motifs is 3. The largest absolute Gasteiger partial charge is 0.478 e. The molecule has 0 saturated heterocycles. The molecule has 0 saturated carbocycles. The van der Waals surface area contributed by atoms with E-state index in [-0.39, 0.29) is 5.56 Å². The summed E-state index contributed by atoms with van der Waals surface area (Å²) in [6.45, 7) is 0.343. The number of hydrogen-bond acceptors (Lipinski definition) is 3. The number of carboxylic acids is 1. The Bertz CT molecular complexity index is 641. The molecule has 0 spiro atoms. The lowest BCUT2D eigenvalue weighted by Crippen LogP contribution is -2.16. The van der Waals surface area contributed by atoms with Crippen LogP contribution in [0.3, 0.4) is 0 Å². The van der Waals surface area contributed by atoms with Gasteiger partial charge in [-0.15, -0.1) is 0 Å². The number of carboxylic acid groups (broad SMARTS) is 1. The Morgan fingerprint density at radius 2 is 2.24 bits per heavy atom. The van der Waals surface area contributed by atoms with Gasteiger partial charge in [-0.25, -0.2) is 9.59 Å². The van der Waals surface area contributed by atoms with Crippen molar-refractivity contribution in [1.82, 2.24) is 4.98 Å². The average molecular weight is 231 g/mol. The van der Waals surface area contributed by atoms with Crippen LogP contribution in [0.15, 0.2) is 18.2 Å². The van der Waals surface area contributed by atoms with E-state index in [1.807, 2.05) is 6.07 Å². The molecule has 2 heterocycles. The smallest absolute Gasteiger partial charge is 0.355 e. The maximum atomic E-state index is 11.5. The highest BCUT2D eigenvalue weighted by Crippen LogP contribution is 2.28. The van der Waals surface area contributed by atoms with Crippen LogP contribution in [-0.2, 0) is 11.2 Å². The molecule has 0 atom stereocenters. The van der Waals surface area contributed by atoms with Crippen molar-refractivity contribution in [2.45, 2.75) is 6.42 Å². The predicted octanol–water partition coefficient (Wildman–Crippen LogP) is 1.58. The Morgan fingerprint density at radius 1 is 1.41 bits per heavy atom. The molecule has 1 aromatic heterocycles. The summed E-state index contributed by atoms with van der Waals surface area (Å²) in [5.74, 6) is -1.43. The lowest BCUT2D eigenvalue weighted by molar-refractivity contribution is 0.0474. The van der Waals surface area contributed by atoms with E-state index in [0.29, 0.717) is 24.2 Å². The van der Waals surface area contributed by atoms with Crippen molar-refractivity contribution in [2.75, 3.05) is 6.61 Å². The maximum Gasteiger partial charge on any atom is 0.355 e. The van der Waals surface area contributed by atoms with Gasteiger partial charge in [0, 0.05) is 11.8 Å². The number of cyclic esters (lactones) is 1. The van der Waals surface area contributed by atoms with E-state index >= 15 is 0 Å². The van der Waals surface area contributed by atoms with Gasteiger partial charge in [-0.3, -0.25) is 0 Å². The molecule has 1 aliphatic rings. The Morgan fingerprint density at radius 3 is 3.00 bits per heavy atom. The summed E-state index contributed by atoms with van der Waals surface area (Å²) in [5, 5.41) is 9.86. The summed E-state index contributed by atoms with van der Waals surface area (Å²) in [7, 11) is 0. The topological polar surface area (TPSA) is 79.4 Å². The van der Waals surface area contributed by atoms with Gasteiger partial charge in [-0.05, 0) is 11.6 Å². The van der Waals surface area contributed by atoms with E-state index in [4.69, 9.17) is 9.84 Å². The number of hydrogen-bond donors (Lipinski definition) is 2. The zero-order valence-electron chi connectivity index (χ0n) is 8.82. The zero-order chi connectivity index (χ0) is 12.0. The van der Waals surface area contributed by atoms with Crippen molar-refractivity contribution >= 4 is 22.8 Å². The standard InChI is InChI=1S/C12H9NO4/c14-11(15)8-3-1-2-6-7-4-5-17-12(16)10(7)13-9(6)8/h1-3,13H,4-5H2,(H,14,15). The number of rotatable bonds is 1. The van der Waals surface area contributed by atoms with Crippen molar-refractivity contribution in [3.8, 4) is 0 Å². The van der Waals surface area contributed by atoms with Crippen LogP contribution in [0.25, 0.3) is 10.9 Å². The van der Waals surface area contributed by atoms with E-state index in [1.54, 1.807) is 6.07 Å². The number of benzene rings is 1. The summed E-state index contributed by atoms with van der Waals surface area (Å²) >= 11 is 0.